The van der Waals surface area contributed by atoms with Crippen molar-refractivity contribution in [1.82, 2.24) is 4.90 Å². The van der Waals surface area contributed by atoms with Crippen molar-refractivity contribution in [1.29, 1.82) is 0 Å². The van der Waals surface area contributed by atoms with Gasteiger partial charge in [0.1, 0.15) is 5.75 Å². The fourth-order valence-electron chi connectivity index (χ4n) is 2.47. The summed E-state index contributed by atoms with van der Waals surface area (Å²) in [6.45, 7) is 2.50. The second-order valence-corrected chi connectivity index (χ2v) is 4.82. The lowest BCUT2D eigenvalue weighted by atomic mass is 9.77. The van der Waals surface area contributed by atoms with Crippen LogP contribution in [0.2, 0.25) is 0 Å². The number of methoxy groups -OCH3 is 2. The van der Waals surface area contributed by atoms with Gasteiger partial charge in [-0.15, -0.1) is 0 Å². The topological polar surface area (TPSA) is 62.2 Å². The van der Waals surface area contributed by atoms with E-state index in [1.54, 1.807) is 26.4 Å². The van der Waals surface area contributed by atoms with Crippen molar-refractivity contribution in [2.75, 3.05) is 27.3 Å². The van der Waals surface area contributed by atoms with Crippen LogP contribution in [-0.2, 0) is 11.3 Å². The van der Waals surface area contributed by atoms with E-state index in [9.17, 15) is 10.0 Å². The van der Waals surface area contributed by atoms with Crippen molar-refractivity contribution >= 4 is 12.6 Å². The molecule has 1 atom stereocenters. The van der Waals surface area contributed by atoms with Gasteiger partial charge < -0.3 is 19.5 Å². The SMILES string of the molecule is COc1ccc(B(O)O)c(CN2CCC(OC)C2)c1. The molecule has 1 aromatic carbocycles. The molecule has 1 aromatic rings. The molecule has 2 N–H and O–H groups in total. The highest BCUT2D eigenvalue weighted by Gasteiger charge is 2.24. The Balaban J connectivity index is 2.13. The van der Waals surface area contributed by atoms with Crippen LogP contribution in [-0.4, -0.2) is 55.5 Å². The zero-order chi connectivity index (χ0) is 13.8. The first-order valence-electron chi connectivity index (χ1n) is 6.42. The van der Waals surface area contributed by atoms with E-state index in [0.717, 1.165) is 30.8 Å². The monoisotopic (exact) mass is 265 g/mol. The molecule has 0 saturated carbocycles. The molecule has 104 valence electrons. The molecule has 0 aliphatic carbocycles. The van der Waals surface area contributed by atoms with Crippen molar-refractivity contribution < 1.29 is 19.5 Å². The van der Waals surface area contributed by atoms with Crippen LogP contribution >= 0.6 is 0 Å². The molecular formula is C13H20BNO4. The quantitative estimate of drug-likeness (QED) is 0.709. The van der Waals surface area contributed by atoms with Crippen molar-refractivity contribution in [2.24, 2.45) is 0 Å². The summed E-state index contributed by atoms with van der Waals surface area (Å²) in [5.74, 6) is 0.724. The lowest BCUT2D eigenvalue weighted by Gasteiger charge is -2.18. The number of hydrogen-bond donors (Lipinski definition) is 2. The number of nitrogens with zero attached hydrogens (tertiary/aromatic N) is 1. The van der Waals surface area contributed by atoms with Crippen molar-refractivity contribution in [3.8, 4) is 5.75 Å². The Kier molecular flexibility index (Phi) is 4.82. The molecule has 0 amide bonds. The molecular weight excluding hydrogens is 245 g/mol. The highest BCUT2D eigenvalue weighted by Crippen LogP contribution is 2.17. The molecule has 1 aliphatic heterocycles. The fraction of sp³-hybridized carbons (Fsp3) is 0.538. The average molecular weight is 265 g/mol. The standard InChI is InChI=1S/C13H20BNO4/c1-18-11-3-4-13(14(16)17)10(7-11)8-15-6-5-12(9-15)19-2/h3-4,7,12,16-17H,5-6,8-9H2,1-2H3. The van der Waals surface area contributed by atoms with E-state index in [2.05, 4.69) is 4.90 Å². The van der Waals surface area contributed by atoms with Crippen LogP contribution < -0.4 is 10.2 Å². The maximum Gasteiger partial charge on any atom is 0.488 e. The van der Waals surface area contributed by atoms with Gasteiger partial charge in [0, 0.05) is 26.7 Å². The van der Waals surface area contributed by atoms with E-state index < -0.39 is 7.12 Å². The third-order valence-corrected chi connectivity index (χ3v) is 3.58. The number of likely N-dealkylation sites (tertiary alicyclic amines) is 1. The smallest absolute Gasteiger partial charge is 0.488 e. The maximum absolute atomic E-state index is 9.41. The zero-order valence-electron chi connectivity index (χ0n) is 11.4. The summed E-state index contributed by atoms with van der Waals surface area (Å²) >= 11 is 0. The first kappa shape index (κ1) is 14.3. The van der Waals surface area contributed by atoms with Gasteiger partial charge in [-0.1, -0.05) is 6.07 Å². The normalized spacial score (nSPS) is 19.7. The molecule has 1 heterocycles. The molecule has 5 nitrogen and oxygen atoms in total. The molecule has 0 radical (unpaired) electrons. The summed E-state index contributed by atoms with van der Waals surface area (Å²) in [7, 11) is 1.87. The minimum absolute atomic E-state index is 0.271. The van der Waals surface area contributed by atoms with Crippen LogP contribution in [0, 0.1) is 0 Å². The van der Waals surface area contributed by atoms with Crippen LogP contribution in [0.1, 0.15) is 12.0 Å². The van der Waals surface area contributed by atoms with Crippen LogP contribution in [0.15, 0.2) is 18.2 Å². The average Bonchev–Trinajstić information content (AvgIpc) is 2.86. The van der Waals surface area contributed by atoms with E-state index in [-0.39, 0.29) is 6.10 Å². The number of rotatable bonds is 5. The summed E-state index contributed by atoms with van der Waals surface area (Å²) in [6, 6.07) is 5.29. The van der Waals surface area contributed by atoms with E-state index >= 15 is 0 Å². The molecule has 6 heteroatoms. The third-order valence-electron chi connectivity index (χ3n) is 3.58. The number of benzene rings is 1. The fourth-order valence-corrected chi connectivity index (χ4v) is 2.47. The predicted octanol–water partition coefficient (Wildman–Crippen LogP) is -0.404. The molecule has 0 aromatic heterocycles. The Hall–Kier alpha value is -1.08. The Labute approximate surface area is 113 Å². The lowest BCUT2D eigenvalue weighted by Crippen LogP contribution is -2.35. The minimum Gasteiger partial charge on any atom is -0.497 e. The molecule has 1 unspecified atom stereocenters. The zero-order valence-corrected chi connectivity index (χ0v) is 11.4. The van der Waals surface area contributed by atoms with Gasteiger partial charge in [-0.2, -0.15) is 0 Å². The van der Waals surface area contributed by atoms with Gasteiger partial charge in [-0.25, -0.2) is 0 Å². The second-order valence-electron chi connectivity index (χ2n) is 4.82. The first-order valence-corrected chi connectivity index (χ1v) is 6.42. The lowest BCUT2D eigenvalue weighted by molar-refractivity contribution is 0.107. The minimum atomic E-state index is -1.46. The Morgan fingerprint density at radius 2 is 2.16 bits per heavy atom. The summed E-state index contributed by atoms with van der Waals surface area (Å²) in [6.07, 6.45) is 1.28. The van der Waals surface area contributed by atoms with Gasteiger partial charge in [-0.3, -0.25) is 4.90 Å². The highest BCUT2D eigenvalue weighted by atomic mass is 16.5. The molecule has 0 spiro atoms. The largest absolute Gasteiger partial charge is 0.497 e. The highest BCUT2D eigenvalue weighted by molar-refractivity contribution is 6.59. The van der Waals surface area contributed by atoms with E-state index in [1.807, 2.05) is 6.07 Å². The Morgan fingerprint density at radius 3 is 2.74 bits per heavy atom. The van der Waals surface area contributed by atoms with Crippen molar-refractivity contribution in [3.63, 3.8) is 0 Å². The summed E-state index contributed by atoms with van der Waals surface area (Å²) in [4.78, 5) is 2.24. The number of ether oxygens (including phenoxy) is 2. The third kappa shape index (κ3) is 3.48. The van der Waals surface area contributed by atoms with E-state index in [0.29, 0.717) is 12.0 Å². The van der Waals surface area contributed by atoms with Crippen molar-refractivity contribution in [3.05, 3.63) is 23.8 Å². The van der Waals surface area contributed by atoms with Gasteiger partial charge >= 0.3 is 7.12 Å². The summed E-state index contributed by atoms with van der Waals surface area (Å²) < 4.78 is 10.5. The van der Waals surface area contributed by atoms with Crippen molar-refractivity contribution in [2.45, 2.75) is 19.1 Å². The molecule has 0 bridgehead atoms. The van der Waals surface area contributed by atoms with Crippen LogP contribution in [0.25, 0.3) is 0 Å². The summed E-state index contributed by atoms with van der Waals surface area (Å²) in [5.41, 5.74) is 1.41. The summed E-state index contributed by atoms with van der Waals surface area (Å²) in [5, 5.41) is 18.8. The maximum atomic E-state index is 9.41. The molecule has 1 fully saturated rings. The molecule has 19 heavy (non-hydrogen) atoms. The van der Waals surface area contributed by atoms with Gasteiger partial charge in [0.05, 0.1) is 13.2 Å². The number of hydrogen-bond acceptors (Lipinski definition) is 5. The van der Waals surface area contributed by atoms with Crippen LogP contribution in [0.4, 0.5) is 0 Å². The second kappa shape index (κ2) is 6.39. The first-order chi connectivity index (χ1) is 9.13. The van der Waals surface area contributed by atoms with Crippen LogP contribution in [0.5, 0.6) is 5.75 Å². The molecule has 1 aliphatic rings. The van der Waals surface area contributed by atoms with Gasteiger partial charge in [0.25, 0.3) is 0 Å². The predicted molar refractivity (Wildman–Crippen MR) is 73.5 cm³/mol. The molecule has 2 rings (SSSR count). The van der Waals surface area contributed by atoms with Gasteiger partial charge in [-0.05, 0) is 29.6 Å². The van der Waals surface area contributed by atoms with E-state index in [4.69, 9.17) is 9.47 Å². The molecule has 1 saturated heterocycles. The van der Waals surface area contributed by atoms with E-state index in [1.165, 1.54) is 0 Å². The van der Waals surface area contributed by atoms with Gasteiger partial charge in [0.15, 0.2) is 0 Å². The van der Waals surface area contributed by atoms with Gasteiger partial charge in [0.2, 0.25) is 0 Å². The van der Waals surface area contributed by atoms with Crippen LogP contribution in [0.3, 0.4) is 0 Å². The Morgan fingerprint density at radius 1 is 1.37 bits per heavy atom. The Bertz CT molecular complexity index is 427.